The van der Waals surface area contributed by atoms with Crippen LogP contribution < -0.4 is 4.74 Å². The lowest BCUT2D eigenvalue weighted by atomic mass is 10.3. The summed E-state index contributed by atoms with van der Waals surface area (Å²) in [6.07, 6.45) is 1.91. The number of benzene rings is 1. The van der Waals surface area contributed by atoms with Gasteiger partial charge in [0.2, 0.25) is 0 Å². The summed E-state index contributed by atoms with van der Waals surface area (Å²) in [5, 5.41) is 0.723. The number of allylic oxidation sites excluding steroid dienone is 2. The molecule has 1 nitrogen and oxygen atoms in total. The van der Waals surface area contributed by atoms with Gasteiger partial charge in [-0.05, 0) is 44.2 Å². The van der Waals surface area contributed by atoms with Gasteiger partial charge in [0, 0.05) is 5.02 Å². The molecule has 1 aromatic rings. The highest BCUT2D eigenvalue weighted by molar-refractivity contribution is 6.30. The Morgan fingerprint density at radius 1 is 1.33 bits per heavy atom. The van der Waals surface area contributed by atoms with Crippen molar-refractivity contribution in [3.63, 3.8) is 0 Å². The molecule has 12 heavy (non-hydrogen) atoms. The van der Waals surface area contributed by atoms with Crippen molar-refractivity contribution in [2.45, 2.75) is 13.8 Å². The average Bonchev–Trinajstić information content (AvgIpc) is 2.09. The molecule has 0 aromatic heterocycles. The maximum Gasteiger partial charge on any atom is 0.127 e. The van der Waals surface area contributed by atoms with Gasteiger partial charge in [-0.15, -0.1) is 0 Å². The van der Waals surface area contributed by atoms with E-state index in [0.29, 0.717) is 0 Å². The number of halogens is 1. The van der Waals surface area contributed by atoms with Crippen LogP contribution in [0, 0.1) is 0 Å². The van der Waals surface area contributed by atoms with Crippen molar-refractivity contribution in [1.29, 1.82) is 0 Å². The van der Waals surface area contributed by atoms with Crippen molar-refractivity contribution in [2.24, 2.45) is 0 Å². The fourth-order valence-electron chi connectivity index (χ4n) is 0.747. The van der Waals surface area contributed by atoms with E-state index < -0.39 is 0 Å². The lowest BCUT2D eigenvalue weighted by Gasteiger charge is -2.04. The molecule has 0 unspecified atom stereocenters. The van der Waals surface area contributed by atoms with Crippen LogP contribution in [0.3, 0.4) is 0 Å². The fraction of sp³-hybridized carbons (Fsp3) is 0.200. The molecule has 0 saturated carbocycles. The number of hydrogen-bond donors (Lipinski definition) is 0. The molecule has 0 bridgehead atoms. The van der Waals surface area contributed by atoms with Crippen LogP contribution in [-0.4, -0.2) is 0 Å². The van der Waals surface area contributed by atoms with Gasteiger partial charge in [-0.25, -0.2) is 0 Å². The molecule has 0 N–H and O–H groups in total. The van der Waals surface area contributed by atoms with E-state index in [1.165, 1.54) is 0 Å². The van der Waals surface area contributed by atoms with E-state index in [0.717, 1.165) is 16.5 Å². The van der Waals surface area contributed by atoms with Gasteiger partial charge >= 0.3 is 0 Å². The standard InChI is InChI=1S/C10H11ClO/c1-3-8(2)12-10-6-4-9(11)5-7-10/h3-7H,1-2H3. The summed E-state index contributed by atoms with van der Waals surface area (Å²) in [7, 11) is 0. The molecule has 0 atom stereocenters. The summed E-state index contributed by atoms with van der Waals surface area (Å²) in [5.74, 6) is 1.70. The van der Waals surface area contributed by atoms with Crippen LogP contribution in [0.4, 0.5) is 0 Å². The summed E-state index contributed by atoms with van der Waals surface area (Å²) in [4.78, 5) is 0. The minimum absolute atomic E-state index is 0.723. The summed E-state index contributed by atoms with van der Waals surface area (Å²) >= 11 is 5.71. The predicted octanol–water partition coefficient (Wildman–Crippen LogP) is 3.64. The first kappa shape index (κ1) is 9.14. The second-order valence-electron chi connectivity index (χ2n) is 2.46. The Morgan fingerprint density at radius 2 is 1.92 bits per heavy atom. The van der Waals surface area contributed by atoms with Gasteiger partial charge < -0.3 is 4.74 Å². The van der Waals surface area contributed by atoms with Crippen LogP contribution in [0.2, 0.25) is 5.02 Å². The topological polar surface area (TPSA) is 9.23 Å². The quantitative estimate of drug-likeness (QED) is 0.635. The molecule has 64 valence electrons. The largest absolute Gasteiger partial charge is 0.462 e. The van der Waals surface area contributed by atoms with Gasteiger partial charge in [0.05, 0.1) is 5.76 Å². The molecule has 0 aliphatic heterocycles. The van der Waals surface area contributed by atoms with E-state index in [4.69, 9.17) is 16.3 Å². The van der Waals surface area contributed by atoms with Crippen molar-refractivity contribution in [1.82, 2.24) is 0 Å². The highest BCUT2D eigenvalue weighted by Gasteiger charge is 1.93. The van der Waals surface area contributed by atoms with Gasteiger partial charge in [0.25, 0.3) is 0 Å². The molecule has 0 aliphatic rings. The molecule has 0 aliphatic carbocycles. The first-order valence-corrected chi connectivity index (χ1v) is 4.16. The molecule has 1 aromatic carbocycles. The van der Waals surface area contributed by atoms with Crippen molar-refractivity contribution in [2.75, 3.05) is 0 Å². The van der Waals surface area contributed by atoms with Crippen LogP contribution in [0.25, 0.3) is 0 Å². The van der Waals surface area contributed by atoms with Crippen molar-refractivity contribution in [3.8, 4) is 5.75 Å². The second-order valence-corrected chi connectivity index (χ2v) is 2.89. The molecular formula is C10H11ClO. The molecule has 0 amide bonds. The molecule has 0 fully saturated rings. The molecule has 1 rings (SSSR count). The van der Waals surface area contributed by atoms with E-state index in [1.54, 1.807) is 12.1 Å². The number of ether oxygens (including phenoxy) is 1. The van der Waals surface area contributed by atoms with E-state index in [9.17, 15) is 0 Å². The highest BCUT2D eigenvalue weighted by Crippen LogP contribution is 2.17. The van der Waals surface area contributed by atoms with Crippen LogP contribution in [0.1, 0.15) is 13.8 Å². The summed E-state index contributed by atoms with van der Waals surface area (Å²) < 4.78 is 5.42. The first-order valence-electron chi connectivity index (χ1n) is 3.78. The minimum Gasteiger partial charge on any atom is -0.462 e. The predicted molar refractivity (Wildman–Crippen MR) is 51.5 cm³/mol. The van der Waals surface area contributed by atoms with Crippen LogP contribution in [0.5, 0.6) is 5.75 Å². The molecule has 0 radical (unpaired) electrons. The van der Waals surface area contributed by atoms with E-state index in [-0.39, 0.29) is 0 Å². The van der Waals surface area contributed by atoms with Crippen molar-refractivity contribution < 1.29 is 4.74 Å². The van der Waals surface area contributed by atoms with Gasteiger partial charge in [-0.1, -0.05) is 11.6 Å². The second kappa shape index (κ2) is 4.17. The number of rotatable bonds is 2. The van der Waals surface area contributed by atoms with E-state index >= 15 is 0 Å². The van der Waals surface area contributed by atoms with Gasteiger partial charge in [0.15, 0.2) is 0 Å². The van der Waals surface area contributed by atoms with Crippen molar-refractivity contribution in [3.05, 3.63) is 41.1 Å². The molecule has 2 heteroatoms. The lowest BCUT2D eigenvalue weighted by molar-refractivity contribution is 0.427. The SMILES string of the molecule is CC=C(C)Oc1ccc(Cl)cc1. The Morgan fingerprint density at radius 3 is 2.42 bits per heavy atom. The summed E-state index contributed by atoms with van der Waals surface area (Å²) in [6, 6.07) is 7.30. The highest BCUT2D eigenvalue weighted by atomic mass is 35.5. The minimum atomic E-state index is 0.723. The Hall–Kier alpha value is -0.950. The number of hydrogen-bond acceptors (Lipinski definition) is 1. The maximum atomic E-state index is 5.71. The normalized spacial score (nSPS) is 11.4. The lowest BCUT2D eigenvalue weighted by Crippen LogP contribution is -1.88. The Labute approximate surface area is 77.6 Å². The maximum absolute atomic E-state index is 5.71. The third kappa shape index (κ3) is 2.59. The monoisotopic (exact) mass is 182 g/mol. The van der Waals surface area contributed by atoms with Crippen LogP contribution in [-0.2, 0) is 0 Å². The van der Waals surface area contributed by atoms with Crippen LogP contribution in [0.15, 0.2) is 36.1 Å². The third-order valence-corrected chi connectivity index (χ3v) is 1.75. The Bertz CT molecular complexity index is 274. The molecular weight excluding hydrogens is 172 g/mol. The zero-order valence-corrected chi connectivity index (χ0v) is 7.93. The zero-order chi connectivity index (χ0) is 8.97. The smallest absolute Gasteiger partial charge is 0.127 e. The van der Waals surface area contributed by atoms with Gasteiger partial charge in [-0.2, -0.15) is 0 Å². The van der Waals surface area contributed by atoms with E-state index in [2.05, 4.69) is 0 Å². The third-order valence-electron chi connectivity index (χ3n) is 1.50. The van der Waals surface area contributed by atoms with Gasteiger partial charge in [-0.3, -0.25) is 0 Å². The Kier molecular flexibility index (Phi) is 3.18. The molecule has 0 saturated heterocycles. The first-order chi connectivity index (χ1) is 5.72. The van der Waals surface area contributed by atoms with Crippen LogP contribution >= 0.6 is 11.6 Å². The zero-order valence-electron chi connectivity index (χ0n) is 7.17. The fourth-order valence-corrected chi connectivity index (χ4v) is 0.873. The average molecular weight is 183 g/mol. The van der Waals surface area contributed by atoms with Crippen molar-refractivity contribution >= 4 is 11.6 Å². The van der Waals surface area contributed by atoms with E-state index in [1.807, 2.05) is 32.1 Å². The summed E-state index contributed by atoms with van der Waals surface area (Å²) in [6.45, 7) is 3.85. The molecule has 0 spiro atoms. The Balaban J connectivity index is 2.71. The molecule has 0 heterocycles. The van der Waals surface area contributed by atoms with Gasteiger partial charge in [0.1, 0.15) is 5.75 Å². The summed E-state index contributed by atoms with van der Waals surface area (Å²) in [5.41, 5.74) is 0.